The molecule has 0 bridgehead atoms. The third-order valence-corrected chi connectivity index (χ3v) is 4.52. The Labute approximate surface area is 174 Å². The molecule has 2 aromatic carbocycles. The molecule has 4 rings (SSSR count). The summed E-state index contributed by atoms with van der Waals surface area (Å²) in [6.45, 7) is 4.28. The van der Waals surface area contributed by atoms with E-state index in [2.05, 4.69) is 15.4 Å². The fourth-order valence-electron chi connectivity index (χ4n) is 3.13. The molecular formula is C24H22N4O2. The number of carbonyl (C=O) groups excluding carboxylic acids is 1. The minimum absolute atomic E-state index is 0.221. The molecule has 0 saturated heterocycles. The van der Waals surface area contributed by atoms with Crippen molar-refractivity contribution < 1.29 is 9.53 Å². The number of ether oxygens (including phenoxy) is 1. The topological polar surface area (TPSA) is 68.5 Å². The van der Waals surface area contributed by atoms with Gasteiger partial charge in [0.15, 0.2) is 5.65 Å². The van der Waals surface area contributed by atoms with Gasteiger partial charge in [0.25, 0.3) is 0 Å². The van der Waals surface area contributed by atoms with Crippen molar-refractivity contribution >= 4 is 23.3 Å². The van der Waals surface area contributed by atoms with Crippen molar-refractivity contribution in [2.24, 2.45) is 0 Å². The molecule has 0 fully saturated rings. The number of anilines is 1. The standard InChI is InChI=1S/C24H22N4O2/c1-17-13-21(15-28-24(17)25-18(2)27-28)26-23(29)12-11-19-9-6-10-22(14-19)30-16-20-7-4-3-5-8-20/h3-15H,16H2,1-2H3,(H,26,29)/b12-11+. The Bertz CT molecular complexity index is 1210. The van der Waals surface area contributed by atoms with Crippen LogP contribution in [-0.4, -0.2) is 20.5 Å². The predicted molar refractivity (Wildman–Crippen MR) is 117 cm³/mol. The number of aryl methyl sites for hydroxylation is 2. The second-order valence-electron chi connectivity index (χ2n) is 7.01. The van der Waals surface area contributed by atoms with E-state index in [9.17, 15) is 4.79 Å². The first-order valence-electron chi connectivity index (χ1n) is 9.66. The number of nitrogens with one attached hydrogen (secondary N) is 1. The maximum absolute atomic E-state index is 12.4. The fraction of sp³-hybridized carbons (Fsp3) is 0.125. The second-order valence-corrected chi connectivity index (χ2v) is 7.01. The van der Waals surface area contributed by atoms with E-state index < -0.39 is 0 Å². The van der Waals surface area contributed by atoms with Gasteiger partial charge in [-0.3, -0.25) is 4.79 Å². The molecule has 0 saturated carbocycles. The molecule has 30 heavy (non-hydrogen) atoms. The van der Waals surface area contributed by atoms with Gasteiger partial charge in [0.2, 0.25) is 5.91 Å². The number of hydrogen-bond donors (Lipinski definition) is 1. The van der Waals surface area contributed by atoms with Gasteiger partial charge in [-0.1, -0.05) is 42.5 Å². The van der Waals surface area contributed by atoms with E-state index in [1.165, 1.54) is 6.08 Å². The zero-order valence-electron chi connectivity index (χ0n) is 16.9. The van der Waals surface area contributed by atoms with Crippen LogP contribution >= 0.6 is 0 Å². The summed E-state index contributed by atoms with van der Waals surface area (Å²) in [6.07, 6.45) is 5.02. The quantitative estimate of drug-likeness (QED) is 0.483. The van der Waals surface area contributed by atoms with Gasteiger partial charge in [0, 0.05) is 6.08 Å². The van der Waals surface area contributed by atoms with Gasteiger partial charge in [0.05, 0.1) is 11.9 Å². The number of aromatic nitrogens is 3. The zero-order valence-corrected chi connectivity index (χ0v) is 16.9. The largest absolute Gasteiger partial charge is 0.489 e. The number of nitrogens with zero attached hydrogens (tertiary/aromatic N) is 3. The summed E-state index contributed by atoms with van der Waals surface area (Å²) in [5.74, 6) is 1.22. The fourth-order valence-corrected chi connectivity index (χ4v) is 3.13. The monoisotopic (exact) mass is 398 g/mol. The molecule has 1 N–H and O–H groups in total. The normalized spacial score (nSPS) is 11.1. The molecule has 0 aliphatic rings. The number of carbonyl (C=O) groups is 1. The molecule has 4 aromatic rings. The number of hydrogen-bond acceptors (Lipinski definition) is 4. The maximum Gasteiger partial charge on any atom is 0.248 e. The Morgan fingerprint density at radius 2 is 1.93 bits per heavy atom. The van der Waals surface area contributed by atoms with E-state index in [0.29, 0.717) is 18.1 Å². The third-order valence-electron chi connectivity index (χ3n) is 4.52. The summed E-state index contributed by atoms with van der Waals surface area (Å²) in [5, 5.41) is 7.18. The Balaban J connectivity index is 1.40. The molecular weight excluding hydrogens is 376 g/mol. The van der Waals surface area contributed by atoms with Crippen LogP contribution in [0.4, 0.5) is 5.69 Å². The first kappa shape index (κ1) is 19.4. The summed E-state index contributed by atoms with van der Waals surface area (Å²) < 4.78 is 7.52. The Morgan fingerprint density at radius 1 is 1.10 bits per heavy atom. The highest BCUT2D eigenvalue weighted by atomic mass is 16.5. The van der Waals surface area contributed by atoms with Crippen LogP contribution in [0.2, 0.25) is 0 Å². The molecule has 0 aliphatic heterocycles. The molecule has 0 radical (unpaired) electrons. The minimum Gasteiger partial charge on any atom is -0.489 e. The van der Waals surface area contributed by atoms with Crippen LogP contribution in [-0.2, 0) is 11.4 Å². The van der Waals surface area contributed by atoms with Gasteiger partial charge in [-0.2, -0.15) is 5.10 Å². The summed E-state index contributed by atoms with van der Waals surface area (Å²) in [7, 11) is 0. The highest BCUT2D eigenvalue weighted by Crippen LogP contribution is 2.17. The maximum atomic E-state index is 12.4. The molecule has 1 amide bonds. The Hall–Kier alpha value is -3.93. The lowest BCUT2D eigenvalue weighted by atomic mass is 10.2. The van der Waals surface area contributed by atoms with Gasteiger partial charge in [0.1, 0.15) is 18.2 Å². The highest BCUT2D eigenvalue weighted by Gasteiger charge is 2.06. The number of pyridine rings is 1. The van der Waals surface area contributed by atoms with Crippen LogP contribution in [0.3, 0.4) is 0 Å². The number of benzene rings is 2. The van der Waals surface area contributed by atoms with Crippen LogP contribution < -0.4 is 10.1 Å². The lowest BCUT2D eigenvalue weighted by Crippen LogP contribution is -2.09. The first-order chi connectivity index (χ1) is 14.6. The minimum atomic E-state index is -0.221. The summed E-state index contributed by atoms with van der Waals surface area (Å²) >= 11 is 0. The van der Waals surface area contributed by atoms with Crippen molar-refractivity contribution in [3.63, 3.8) is 0 Å². The van der Waals surface area contributed by atoms with E-state index in [4.69, 9.17) is 4.74 Å². The molecule has 0 spiro atoms. The van der Waals surface area contributed by atoms with Crippen molar-refractivity contribution in [2.75, 3.05) is 5.32 Å². The molecule has 150 valence electrons. The molecule has 0 atom stereocenters. The number of rotatable bonds is 6. The zero-order chi connectivity index (χ0) is 20.9. The highest BCUT2D eigenvalue weighted by molar-refractivity contribution is 6.02. The van der Waals surface area contributed by atoms with E-state index in [1.54, 1.807) is 16.8 Å². The number of amides is 1. The van der Waals surface area contributed by atoms with E-state index in [1.807, 2.05) is 74.5 Å². The van der Waals surface area contributed by atoms with Crippen LogP contribution in [0.1, 0.15) is 22.5 Å². The van der Waals surface area contributed by atoms with Crippen molar-refractivity contribution in [3.8, 4) is 5.75 Å². The van der Waals surface area contributed by atoms with Gasteiger partial charge in [-0.05, 0) is 54.8 Å². The second kappa shape index (κ2) is 8.61. The van der Waals surface area contributed by atoms with Gasteiger partial charge in [-0.25, -0.2) is 9.50 Å². The Morgan fingerprint density at radius 3 is 2.77 bits per heavy atom. The molecule has 2 heterocycles. The Kier molecular flexibility index (Phi) is 5.57. The van der Waals surface area contributed by atoms with Gasteiger partial charge < -0.3 is 10.1 Å². The molecule has 6 nitrogen and oxygen atoms in total. The molecule has 0 unspecified atom stereocenters. The van der Waals surface area contributed by atoms with Crippen LogP contribution in [0.25, 0.3) is 11.7 Å². The lowest BCUT2D eigenvalue weighted by Gasteiger charge is -2.07. The van der Waals surface area contributed by atoms with Crippen molar-refractivity contribution in [3.05, 3.63) is 95.5 Å². The summed E-state index contributed by atoms with van der Waals surface area (Å²) in [4.78, 5) is 16.7. The van der Waals surface area contributed by atoms with E-state index >= 15 is 0 Å². The first-order valence-corrected chi connectivity index (χ1v) is 9.66. The van der Waals surface area contributed by atoms with Gasteiger partial charge >= 0.3 is 0 Å². The smallest absolute Gasteiger partial charge is 0.248 e. The van der Waals surface area contributed by atoms with Gasteiger partial charge in [-0.15, -0.1) is 0 Å². The SMILES string of the molecule is Cc1nc2c(C)cc(NC(=O)/C=C/c3cccc(OCc4ccccc4)c3)cn2n1. The summed E-state index contributed by atoms with van der Waals surface area (Å²) in [6, 6.07) is 19.5. The van der Waals surface area contributed by atoms with Crippen LogP contribution in [0, 0.1) is 13.8 Å². The van der Waals surface area contributed by atoms with Crippen LogP contribution in [0.5, 0.6) is 5.75 Å². The molecule has 6 heteroatoms. The molecule has 2 aromatic heterocycles. The molecule has 0 aliphatic carbocycles. The third kappa shape index (κ3) is 4.72. The van der Waals surface area contributed by atoms with E-state index in [0.717, 1.165) is 28.1 Å². The predicted octanol–water partition coefficient (Wildman–Crippen LogP) is 4.58. The number of fused-ring (bicyclic) bond motifs is 1. The average Bonchev–Trinajstić information content (AvgIpc) is 3.13. The van der Waals surface area contributed by atoms with Crippen LogP contribution in [0.15, 0.2) is 72.9 Å². The lowest BCUT2D eigenvalue weighted by molar-refractivity contribution is -0.111. The van der Waals surface area contributed by atoms with Crippen molar-refractivity contribution in [1.82, 2.24) is 14.6 Å². The summed E-state index contributed by atoms with van der Waals surface area (Å²) in [5.41, 5.74) is 4.38. The van der Waals surface area contributed by atoms with E-state index in [-0.39, 0.29) is 5.91 Å². The average molecular weight is 398 g/mol. The van der Waals surface area contributed by atoms with Crippen molar-refractivity contribution in [2.45, 2.75) is 20.5 Å². The van der Waals surface area contributed by atoms with Crippen molar-refractivity contribution in [1.29, 1.82) is 0 Å².